The zero-order chi connectivity index (χ0) is 43.1. The molecule has 318 valence electrons. The van der Waals surface area contributed by atoms with E-state index in [1.807, 2.05) is 13.8 Å². The maximum absolute atomic E-state index is 13.7. The average Bonchev–Trinajstić information content (AvgIpc) is 3.48. The lowest BCUT2D eigenvalue weighted by Crippen LogP contribution is -2.61. The fraction of sp³-hybridized carbons (Fsp3) is 0.622. The number of aromatic hydroxyl groups is 1. The van der Waals surface area contributed by atoms with Crippen LogP contribution in [-0.4, -0.2) is 124 Å². The van der Waals surface area contributed by atoms with Gasteiger partial charge in [-0.25, -0.2) is 0 Å². The van der Waals surface area contributed by atoms with E-state index in [-0.39, 0.29) is 49.9 Å². The molecule has 1 heterocycles. The molecule has 1 aromatic rings. The quantitative estimate of drug-likeness (QED) is 0.0320. The highest BCUT2D eigenvalue weighted by atomic mass is 16.3. The molecule has 0 unspecified atom stereocenters. The van der Waals surface area contributed by atoms with Crippen molar-refractivity contribution in [2.45, 2.75) is 122 Å². The van der Waals surface area contributed by atoms with Crippen molar-refractivity contribution in [3.8, 4) is 5.75 Å². The first-order valence-electron chi connectivity index (χ1n) is 19.0. The van der Waals surface area contributed by atoms with Gasteiger partial charge in [0, 0.05) is 25.9 Å². The molecule has 0 radical (unpaired) electrons. The standard InChI is InChI=1S/C37H61N11O9/c1-18(2)14-27(34(55)43-20(5)31(39)52)48-17-23(16-28(48)51)44-35(56)29(19(3)4)46-36(57)30(21(6)49)47-33(54)26(15-22-9-11-24(50)12-10-22)45-32(53)25(38)8-7-13-42-37(40)41/h9-12,18-21,23,25-27,29-30,49-50H,7-8,13-17,38H2,1-6H3,(H2,39,52)(H,43,55)(H,44,56)(H,45,53)(H,46,57)(H,47,54)(H4,40,41,42)/t20-,21-,23-,25-,26-,27-,29-,30-/m1/s1. The van der Waals surface area contributed by atoms with E-state index in [0.29, 0.717) is 18.5 Å². The number of aliphatic hydroxyl groups is 1. The fourth-order valence-electron chi connectivity index (χ4n) is 6.09. The molecule has 0 aliphatic carbocycles. The molecule has 20 heteroatoms. The van der Waals surface area contributed by atoms with Gasteiger partial charge in [-0.05, 0) is 62.6 Å². The SMILES string of the molecule is CC(C)C[C@H](C(=O)N[C@H](C)C(N)=O)N1C[C@H](NC(=O)[C@H](NC(=O)[C@H](NC(=O)[C@@H](Cc2ccc(O)cc2)NC(=O)[C@H](N)CCCNC(=N)N)[C@@H](C)O)C(C)C)CC1=O. The second kappa shape index (κ2) is 22.3. The van der Waals surface area contributed by atoms with Gasteiger partial charge in [0.15, 0.2) is 5.96 Å². The number of primary amides is 1. The Kier molecular flexibility index (Phi) is 18.6. The number of rotatable bonds is 22. The summed E-state index contributed by atoms with van der Waals surface area (Å²) < 4.78 is 0. The topological polar surface area (TPSA) is 337 Å². The predicted octanol–water partition coefficient (Wildman–Crippen LogP) is -2.86. The summed E-state index contributed by atoms with van der Waals surface area (Å²) in [6.45, 7) is 10.0. The number of carbonyl (C=O) groups excluding carboxylic acids is 7. The highest BCUT2D eigenvalue weighted by Crippen LogP contribution is 2.21. The van der Waals surface area contributed by atoms with Crippen molar-refractivity contribution in [3.63, 3.8) is 0 Å². The number of benzene rings is 1. The smallest absolute Gasteiger partial charge is 0.245 e. The Bertz CT molecular complexity index is 1590. The van der Waals surface area contributed by atoms with Crippen molar-refractivity contribution in [3.05, 3.63) is 29.8 Å². The van der Waals surface area contributed by atoms with Crippen LogP contribution in [0, 0.1) is 17.2 Å². The van der Waals surface area contributed by atoms with Gasteiger partial charge in [0.1, 0.15) is 36.0 Å². The number of hydrogen-bond donors (Lipinski definition) is 12. The number of nitrogens with zero attached hydrogens (tertiary/aromatic N) is 1. The van der Waals surface area contributed by atoms with Gasteiger partial charge in [-0.3, -0.25) is 39.0 Å². The molecule has 0 spiro atoms. The summed E-state index contributed by atoms with van der Waals surface area (Å²) in [6.07, 6.45) is -0.810. The molecular weight excluding hydrogens is 742 g/mol. The van der Waals surface area contributed by atoms with E-state index < -0.39 is 95.7 Å². The van der Waals surface area contributed by atoms with Crippen molar-refractivity contribution < 1.29 is 43.8 Å². The summed E-state index contributed by atoms with van der Waals surface area (Å²) in [5, 5.41) is 43.2. The van der Waals surface area contributed by atoms with E-state index in [4.69, 9.17) is 22.6 Å². The number of aliphatic hydroxyl groups excluding tert-OH is 1. The van der Waals surface area contributed by atoms with Crippen molar-refractivity contribution in [2.24, 2.45) is 29.0 Å². The first kappa shape index (κ1) is 47.7. The number of likely N-dealkylation sites (tertiary alicyclic amines) is 1. The summed E-state index contributed by atoms with van der Waals surface area (Å²) in [5.41, 5.74) is 17.2. The molecule has 0 bridgehead atoms. The van der Waals surface area contributed by atoms with Crippen LogP contribution >= 0.6 is 0 Å². The molecule has 2 rings (SSSR count). The number of phenols is 1. The minimum Gasteiger partial charge on any atom is -0.508 e. The van der Waals surface area contributed by atoms with Gasteiger partial charge in [0.25, 0.3) is 0 Å². The van der Waals surface area contributed by atoms with Crippen LogP contribution < -0.4 is 49.1 Å². The van der Waals surface area contributed by atoms with Crippen molar-refractivity contribution in [2.75, 3.05) is 13.1 Å². The summed E-state index contributed by atoms with van der Waals surface area (Å²) >= 11 is 0. The van der Waals surface area contributed by atoms with Crippen molar-refractivity contribution in [1.29, 1.82) is 5.41 Å². The van der Waals surface area contributed by atoms with Crippen LogP contribution in [0.1, 0.15) is 72.8 Å². The Balaban J connectivity index is 2.20. The number of nitrogens with one attached hydrogen (secondary N) is 7. The average molecular weight is 804 g/mol. The molecule has 57 heavy (non-hydrogen) atoms. The third-order valence-corrected chi connectivity index (χ3v) is 9.33. The molecule has 1 aliphatic heterocycles. The van der Waals surface area contributed by atoms with Crippen LogP contribution in [0.4, 0.5) is 0 Å². The maximum atomic E-state index is 13.7. The third-order valence-electron chi connectivity index (χ3n) is 9.33. The van der Waals surface area contributed by atoms with Crippen LogP contribution in [0.5, 0.6) is 5.75 Å². The monoisotopic (exact) mass is 803 g/mol. The Morgan fingerprint density at radius 3 is 2.02 bits per heavy atom. The lowest BCUT2D eigenvalue weighted by molar-refractivity contribution is -0.139. The second-order valence-corrected chi connectivity index (χ2v) is 15.2. The molecule has 8 atom stereocenters. The van der Waals surface area contributed by atoms with Crippen LogP contribution in [0.2, 0.25) is 0 Å². The van der Waals surface area contributed by atoms with E-state index in [1.165, 1.54) is 30.9 Å². The number of nitrogens with two attached hydrogens (primary N) is 3. The normalized spacial score (nSPS) is 17.7. The molecule has 1 aliphatic rings. The van der Waals surface area contributed by atoms with Crippen LogP contribution in [0.15, 0.2) is 24.3 Å². The van der Waals surface area contributed by atoms with E-state index in [0.717, 1.165) is 0 Å². The first-order valence-corrected chi connectivity index (χ1v) is 19.0. The van der Waals surface area contributed by atoms with Gasteiger partial charge in [0.2, 0.25) is 41.4 Å². The third kappa shape index (κ3) is 15.5. The van der Waals surface area contributed by atoms with E-state index in [2.05, 4.69) is 31.9 Å². The number of hydrogen-bond acceptors (Lipinski definition) is 11. The Labute approximate surface area is 332 Å². The van der Waals surface area contributed by atoms with Gasteiger partial charge < -0.3 is 64.2 Å². The molecule has 0 saturated carbocycles. The highest BCUT2D eigenvalue weighted by Gasteiger charge is 2.40. The summed E-state index contributed by atoms with van der Waals surface area (Å²) in [4.78, 5) is 93.2. The Hall–Kier alpha value is -5.50. The molecular formula is C37H61N11O9. The molecule has 20 nitrogen and oxygen atoms in total. The van der Waals surface area contributed by atoms with Crippen molar-refractivity contribution in [1.82, 2.24) is 36.8 Å². The molecule has 15 N–H and O–H groups in total. The zero-order valence-corrected chi connectivity index (χ0v) is 33.5. The molecule has 1 fully saturated rings. The molecule has 0 aromatic heterocycles. The number of amides is 7. The van der Waals surface area contributed by atoms with Crippen LogP contribution in [0.25, 0.3) is 0 Å². The van der Waals surface area contributed by atoms with E-state index in [1.54, 1.807) is 26.0 Å². The fourth-order valence-corrected chi connectivity index (χ4v) is 6.09. The number of guanidine groups is 1. The van der Waals surface area contributed by atoms with E-state index >= 15 is 0 Å². The minimum atomic E-state index is -1.58. The van der Waals surface area contributed by atoms with Gasteiger partial charge in [0.05, 0.1) is 18.2 Å². The lowest BCUT2D eigenvalue weighted by Gasteiger charge is -2.30. The van der Waals surface area contributed by atoms with Crippen molar-refractivity contribution >= 4 is 47.3 Å². The second-order valence-electron chi connectivity index (χ2n) is 15.2. The molecule has 7 amide bonds. The molecule has 1 saturated heterocycles. The van der Waals surface area contributed by atoms with Crippen LogP contribution in [-0.2, 0) is 40.0 Å². The predicted molar refractivity (Wildman–Crippen MR) is 210 cm³/mol. The maximum Gasteiger partial charge on any atom is 0.245 e. The minimum absolute atomic E-state index is 0.00183. The van der Waals surface area contributed by atoms with Gasteiger partial charge in [-0.2, -0.15) is 0 Å². The Morgan fingerprint density at radius 1 is 0.860 bits per heavy atom. The summed E-state index contributed by atoms with van der Waals surface area (Å²) in [5.74, 6) is -5.52. The summed E-state index contributed by atoms with van der Waals surface area (Å²) in [7, 11) is 0. The van der Waals surface area contributed by atoms with Crippen LogP contribution in [0.3, 0.4) is 0 Å². The van der Waals surface area contributed by atoms with Gasteiger partial charge in [-0.15, -0.1) is 0 Å². The van der Waals surface area contributed by atoms with E-state index in [9.17, 15) is 43.8 Å². The van der Waals surface area contributed by atoms with Gasteiger partial charge >= 0.3 is 0 Å². The zero-order valence-electron chi connectivity index (χ0n) is 33.5. The number of carbonyl (C=O) groups is 7. The highest BCUT2D eigenvalue weighted by molar-refractivity contribution is 5.96. The lowest BCUT2D eigenvalue weighted by atomic mass is 10.0. The van der Waals surface area contributed by atoms with Gasteiger partial charge in [-0.1, -0.05) is 39.8 Å². The Morgan fingerprint density at radius 2 is 1.47 bits per heavy atom. The summed E-state index contributed by atoms with van der Waals surface area (Å²) in [6, 6.07) is -1.84. The molecule has 1 aromatic carbocycles. The largest absolute Gasteiger partial charge is 0.508 e. The first-order chi connectivity index (χ1) is 26.6. The number of phenolic OH excluding ortho intramolecular Hbond substituents is 1.